The predicted octanol–water partition coefficient (Wildman–Crippen LogP) is 4.30. The molecule has 1 aromatic heterocycles. The van der Waals surface area contributed by atoms with E-state index >= 15 is 0 Å². The summed E-state index contributed by atoms with van der Waals surface area (Å²) in [5.41, 5.74) is 3.25. The number of rotatable bonds is 9. The standard InChI is InChI=1S/C26H28N4O3S/c1-3-29(4-2)34(32,33)22-14-10-13-21(18-22)27-26(31)19-30-24-16-9-8-15-23(24)28-25(30)17-20-11-6-5-7-12-20/h5-16,18H,3-4,17,19H2,1-2H3,(H,27,31). The summed E-state index contributed by atoms with van der Waals surface area (Å²) in [6, 6.07) is 24.1. The molecular formula is C26H28N4O3S. The molecule has 7 nitrogen and oxygen atoms in total. The molecule has 4 rings (SSSR count). The molecule has 8 heteroatoms. The van der Waals surface area contributed by atoms with Crippen LogP contribution in [0.25, 0.3) is 11.0 Å². The van der Waals surface area contributed by atoms with Gasteiger partial charge in [0.05, 0.1) is 15.9 Å². The number of nitrogens with zero attached hydrogens (tertiary/aromatic N) is 3. The topological polar surface area (TPSA) is 84.3 Å². The van der Waals surface area contributed by atoms with Crippen LogP contribution in [0, 0.1) is 0 Å². The highest BCUT2D eigenvalue weighted by molar-refractivity contribution is 7.89. The van der Waals surface area contributed by atoms with Gasteiger partial charge in [0.2, 0.25) is 15.9 Å². The maximum atomic E-state index is 13.0. The highest BCUT2D eigenvalue weighted by atomic mass is 32.2. The van der Waals surface area contributed by atoms with Gasteiger partial charge in [0.15, 0.2) is 0 Å². The Kier molecular flexibility index (Phi) is 7.09. The van der Waals surface area contributed by atoms with Crippen LogP contribution in [0.2, 0.25) is 0 Å². The summed E-state index contributed by atoms with van der Waals surface area (Å²) in [4.78, 5) is 17.9. The van der Waals surface area contributed by atoms with Gasteiger partial charge in [-0.2, -0.15) is 4.31 Å². The van der Waals surface area contributed by atoms with Gasteiger partial charge in [-0.15, -0.1) is 0 Å². The highest BCUT2D eigenvalue weighted by Gasteiger charge is 2.22. The van der Waals surface area contributed by atoms with E-state index in [1.807, 2.05) is 59.2 Å². The fourth-order valence-electron chi connectivity index (χ4n) is 4.01. The molecule has 1 amide bonds. The number of carbonyl (C=O) groups excluding carboxylic acids is 1. The molecule has 0 bridgehead atoms. The summed E-state index contributed by atoms with van der Waals surface area (Å²) < 4.78 is 29.0. The Balaban J connectivity index is 1.58. The maximum Gasteiger partial charge on any atom is 0.244 e. The molecule has 0 fully saturated rings. The van der Waals surface area contributed by atoms with Crippen LogP contribution in [0.15, 0.2) is 83.8 Å². The third kappa shape index (κ3) is 5.03. The number of para-hydroxylation sites is 2. The van der Waals surface area contributed by atoms with E-state index in [-0.39, 0.29) is 17.3 Å². The second-order valence-corrected chi connectivity index (χ2v) is 9.87. The minimum atomic E-state index is -3.61. The number of benzene rings is 3. The number of carbonyl (C=O) groups is 1. The van der Waals surface area contributed by atoms with E-state index in [0.29, 0.717) is 25.2 Å². The van der Waals surface area contributed by atoms with E-state index in [0.717, 1.165) is 22.4 Å². The van der Waals surface area contributed by atoms with Crippen molar-refractivity contribution in [2.75, 3.05) is 18.4 Å². The second-order valence-electron chi connectivity index (χ2n) is 7.93. The summed E-state index contributed by atoms with van der Waals surface area (Å²) in [5, 5.41) is 2.85. The van der Waals surface area contributed by atoms with Crippen molar-refractivity contribution in [2.45, 2.75) is 31.7 Å². The van der Waals surface area contributed by atoms with E-state index in [9.17, 15) is 13.2 Å². The molecule has 1 N–H and O–H groups in total. The molecule has 176 valence electrons. The number of amides is 1. The van der Waals surface area contributed by atoms with Crippen LogP contribution < -0.4 is 5.32 Å². The van der Waals surface area contributed by atoms with Crippen molar-refractivity contribution in [1.29, 1.82) is 0 Å². The third-order valence-electron chi connectivity index (χ3n) is 5.70. The van der Waals surface area contributed by atoms with Crippen molar-refractivity contribution in [1.82, 2.24) is 13.9 Å². The van der Waals surface area contributed by atoms with Crippen LogP contribution in [-0.4, -0.2) is 41.3 Å². The van der Waals surface area contributed by atoms with Gasteiger partial charge < -0.3 is 9.88 Å². The molecule has 0 saturated carbocycles. The molecule has 1 heterocycles. The Hall–Kier alpha value is -3.49. The number of hydrogen-bond donors (Lipinski definition) is 1. The maximum absolute atomic E-state index is 13.0. The number of anilines is 1. The molecule has 0 unspecified atom stereocenters. The minimum Gasteiger partial charge on any atom is -0.324 e. The highest BCUT2D eigenvalue weighted by Crippen LogP contribution is 2.21. The first-order chi connectivity index (χ1) is 16.4. The van der Waals surface area contributed by atoms with Crippen molar-refractivity contribution in [2.24, 2.45) is 0 Å². The normalized spacial score (nSPS) is 11.7. The van der Waals surface area contributed by atoms with Gasteiger partial charge in [-0.25, -0.2) is 13.4 Å². The largest absolute Gasteiger partial charge is 0.324 e. The molecule has 0 aliphatic carbocycles. The van der Waals surface area contributed by atoms with Gasteiger partial charge in [-0.1, -0.05) is 62.4 Å². The van der Waals surface area contributed by atoms with E-state index in [2.05, 4.69) is 5.32 Å². The quantitative estimate of drug-likeness (QED) is 0.390. The molecule has 0 aliphatic rings. The second kappa shape index (κ2) is 10.2. The van der Waals surface area contributed by atoms with Crippen LogP contribution in [0.4, 0.5) is 5.69 Å². The average Bonchev–Trinajstić information content (AvgIpc) is 3.17. The number of hydrogen-bond acceptors (Lipinski definition) is 4. The van der Waals surface area contributed by atoms with Crippen molar-refractivity contribution >= 4 is 32.7 Å². The first-order valence-electron chi connectivity index (χ1n) is 11.3. The summed E-state index contributed by atoms with van der Waals surface area (Å²) in [7, 11) is -3.61. The molecule has 3 aromatic carbocycles. The van der Waals surface area contributed by atoms with Crippen molar-refractivity contribution in [3.8, 4) is 0 Å². The first-order valence-corrected chi connectivity index (χ1v) is 12.7. The van der Waals surface area contributed by atoms with Crippen LogP contribution in [0.5, 0.6) is 0 Å². The zero-order valence-corrected chi connectivity index (χ0v) is 20.1. The van der Waals surface area contributed by atoms with Crippen molar-refractivity contribution in [3.63, 3.8) is 0 Å². The summed E-state index contributed by atoms with van der Waals surface area (Å²) >= 11 is 0. The lowest BCUT2D eigenvalue weighted by atomic mass is 10.1. The lowest BCUT2D eigenvalue weighted by Gasteiger charge is -2.19. The molecule has 0 radical (unpaired) electrons. The number of sulfonamides is 1. The molecule has 0 atom stereocenters. The summed E-state index contributed by atoms with van der Waals surface area (Å²) in [6.07, 6.45) is 0.598. The Morgan fingerprint density at radius 3 is 2.38 bits per heavy atom. The molecule has 0 saturated heterocycles. The third-order valence-corrected chi connectivity index (χ3v) is 7.75. The molecule has 34 heavy (non-hydrogen) atoms. The zero-order valence-electron chi connectivity index (χ0n) is 19.3. The van der Waals surface area contributed by atoms with Crippen LogP contribution >= 0.6 is 0 Å². The van der Waals surface area contributed by atoms with Crippen LogP contribution in [0.3, 0.4) is 0 Å². The lowest BCUT2D eigenvalue weighted by Crippen LogP contribution is -2.30. The Labute approximate surface area is 200 Å². The molecule has 0 aliphatic heterocycles. The van der Waals surface area contributed by atoms with E-state index in [1.54, 1.807) is 32.0 Å². The Bertz CT molecular complexity index is 1390. The number of nitrogens with one attached hydrogen (secondary N) is 1. The molecule has 0 spiro atoms. The van der Waals surface area contributed by atoms with Gasteiger partial charge >= 0.3 is 0 Å². The SMILES string of the molecule is CCN(CC)S(=O)(=O)c1cccc(NC(=O)Cn2c(Cc3ccccc3)nc3ccccc32)c1. The van der Waals surface area contributed by atoms with Crippen LogP contribution in [0.1, 0.15) is 25.2 Å². The number of aromatic nitrogens is 2. The Morgan fingerprint density at radius 2 is 1.65 bits per heavy atom. The number of fused-ring (bicyclic) bond motifs is 1. The molecule has 4 aromatic rings. The van der Waals surface area contributed by atoms with Gasteiger partial charge in [-0.3, -0.25) is 4.79 Å². The number of imidazole rings is 1. The van der Waals surface area contributed by atoms with Gasteiger partial charge in [0.1, 0.15) is 12.4 Å². The van der Waals surface area contributed by atoms with E-state index in [1.165, 1.54) is 10.4 Å². The smallest absolute Gasteiger partial charge is 0.244 e. The summed E-state index contributed by atoms with van der Waals surface area (Å²) in [6.45, 7) is 4.43. The molecular weight excluding hydrogens is 448 g/mol. The monoisotopic (exact) mass is 476 g/mol. The van der Waals surface area contributed by atoms with Gasteiger partial charge in [0, 0.05) is 25.2 Å². The fraction of sp³-hybridized carbons (Fsp3) is 0.231. The van der Waals surface area contributed by atoms with E-state index < -0.39 is 10.0 Å². The predicted molar refractivity (Wildman–Crippen MR) is 134 cm³/mol. The zero-order chi connectivity index (χ0) is 24.1. The van der Waals surface area contributed by atoms with Crippen molar-refractivity contribution < 1.29 is 13.2 Å². The van der Waals surface area contributed by atoms with Gasteiger partial charge in [0.25, 0.3) is 0 Å². The van der Waals surface area contributed by atoms with E-state index in [4.69, 9.17) is 4.98 Å². The lowest BCUT2D eigenvalue weighted by molar-refractivity contribution is -0.116. The van der Waals surface area contributed by atoms with Crippen LogP contribution in [-0.2, 0) is 27.8 Å². The Morgan fingerprint density at radius 1 is 0.941 bits per heavy atom. The fourth-order valence-corrected chi connectivity index (χ4v) is 5.51. The van der Waals surface area contributed by atoms with Crippen molar-refractivity contribution in [3.05, 3.63) is 90.3 Å². The minimum absolute atomic E-state index is 0.0652. The average molecular weight is 477 g/mol. The summed E-state index contributed by atoms with van der Waals surface area (Å²) in [5.74, 6) is 0.537. The van der Waals surface area contributed by atoms with Gasteiger partial charge in [-0.05, 0) is 35.9 Å². The first kappa shape index (κ1) is 23.7.